The Labute approximate surface area is 147 Å². The van der Waals surface area contributed by atoms with Gasteiger partial charge in [0.25, 0.3) is 0 Å². The van der Waals surface area contributed by atoms with E-state index in [9.17, 15) is 9.59 Å². The number of nitrogens with one attached hydrogen (secondary N) is 1. The van der Waals surface area contributed by atoms with Gasteiger partial charge in [-0.05, 0) is 20.8 Å². The third-order valence-electron chi connectivity index (χ3n) is 3.63. The Hall–Kier alpha value is -2.42. The van der Waals surface area contributed by atoms with Crippen molar-refractivity contribution in [3.63, 3.8) is 0 Å². The van der Waals surface area contributed by atoms with Crippen LogP contribution in [0.15, 0.2) is 12.4 Å². The molecule has 2 heterocycles. The van der Waals surface area contributed by atoms with Crippen LogP contribution < -0.4 is 5.32 Å². The molecule has 1 aromatic rings. The Kier molecular flexibility index (Phi) is 6.13. The molecule has 1 amide bonds. The Morgan fingerprint density at radius 2 is 1.88 bits per heavy atom. The van der Waals surface area contributed by atoms with Gasteiger partial charge >= 0.3 is 12.1 Å². The van der Waals surface area contributed by atoms with E-state index in [4.69, 9.17) is 9.84 Å². The second-order valence-electron chi connectivity index (χ2n) is 6.83. The van der Waals surface area contributed by atoms with Crippen molar-refractivity contribution in [3.05, 3.63) is 18.1 Å². The molecule has 0 radical (unpaired) electrons. The Bertz CT molecular complexity index is 592. The monoisotopic (exact) mass is 351 g/mol. The van der Waals surface area contributed by atoms with Gasteiger partial charge in [0.2, 0.25) is 0 Å². The van der Waals surface area contributed by atoms with Gasteiger partial charge in [0.05, 0.1) is 12.4 Å². The largest absolute Gasteiger partial charge is 0.476 e. The molecule has 1 aliphatic heterocycles. The summed E-state index contributed by atoms with van der Waals surface area (Å²) in [5.74, 6) is -0.556. The van der Waals surface area contributed by atoms with Gasteiger partial charge in [-0.1, -0.05) is 0 Å². The summed E-state index contributed by atoms with van der Waals surface area (Å²) in [5, 5.41) is 11.9. The van der Waals surface area contributed by atoms with Crippen LogP contribution in [-0.2, 0) is 4.74 Å². The molecule has 0 unspecified atom stereocenters. The molecule has 0 saturated carbocycles. The van der Waals surface area contributed by atoms with Crippen molar-refractivity contribution < 1.29 is 19.4 Å². The molecule has 2 N–H and O–H groups in total. The Balaban J connectivity index is 1.68. The maximum atomic E-state index is 12.0. The molecule has 1 aliphatic rings. The zero-order valence-electron chi connectivity index (χ0n) is 14.9. The lowest BCUT2D eigenvalue weighted by atomic mass is 10.2. The van der Waals surface area contributed by atoms with Gasteiger partial charge in [-0.2, -0.15) is 0 Å². The number of rotatable bonds is 5. The minimum Gasteiger partial charge on any atom is -0.476 e. The Morgan fingerprint density at radius 1 is 1.20 bits per heavy atom. The van der Waals surface area contributed by atoms with Gasteiger partial charge < -0.3 is 20.1 Å². The summed E-state index contributed by atoms with van der Waals surface area (Å²) < 4.78 is 5.38. The lowest BCUT2D eigenvalue weighted by molar-refractivity contribution is 0.0148. The van der Waals surface area contributed by atoms with Crippen LogP contribution in [0.2, 0.25) is 0 Å². The van der Waals surface area contributed by atoms with E-state index in [0.717, 1.165) is 19.6 Å². The van der Waals surface area contributed by atoms with E-state index in [1.165, 1.54) is 12.4 Å². The maximum Gasteiger partial charge on any atom is 0.410 e. The predicted octanol–water partition coefficient (Wildman–Crippen LogP) is 1.14. The van der Waals surface area contributed by atoms with Crippen LogP contribution in [0.4, 0.5) is 10.6 Å². The highest BCUT2D eigenvalue weighted by Crippen LogP contribution is 2.11. The van der Waals surface area contributed by atoms with Crippen LogP contribution in [0, 0.1) is 0 Å². The quantitative estimate of drug-likeness (QED) is 0.813. The second kappa shape index (κ2) is 8.11. The predicted molar refractivity (Wildman–Crippen MR) is 91.7 cm³/mol. The summed E-state index contributed by atoms with van der Waals surface area (Å²) in [4.78, 5) is 34.5. The lowest BCUT2D eigenvalue weighted by Crippen LogP contribution is -2.50. The smallest absolute Gasteiger partial charge is 0.410 e. The van der Waals surface area contributed by atoms with E-state index in [-0.39, 0.29) is 11.8 Å². The zero-order valence-corrected chi connectivity index (χ0v) is 14.9. The van der Waals surface area contributed by atoms with Gasteiger partial charge in [-0.15, -0.1) is 0 Å². The van der Waals surface area contributed by atoms with Crippen molar-refractivity contribution in [2.75, 3.05) is 44.6 Å². The first-order valence-corrected chi connectivity index (χ1v) is 8.24. The standard InChI is InChI=1S/C16H25N5O4/c1-16(2,3)25-15(24)21-8-6-20(7-9-21)5-4-17-13-11-18-12(10-19-13)14(22)23/h10-11H,4-9H2,1-3H3,(H,17,19)(H,22,23). The third-order valence-corrected chi connectivity index (χ3v) is 3.63. The van der Waals surface area contributed by atoms with E-state index in [2.05, 4.69) is 20.2 Å². The number of aromatic nitrogens is 2. The molecule has 25 heavy (non-hydrogen) atoms. The fourth-order valence-electron chi connectivity index (χ4n) is 2.35. The number of carboxylic acid groups (broad SMARTS) is 1. The highest BCUT2D eigenvalue weighted by molar-refractivity contribution is 5.84. The van der Waals surface area contributed by atoms with Crippen LogP contribution in [0.3, 0.4) is 0 Å². The molecule has 2 rings (SSSR count). The van der Waals surface area contributed by atoms with Crippen molar-refractivity contribution in [2.45, 2.75) is 26.4 Å². The number of hydrogen-bond acceptors (Lipinski definition) is 7. The first kappa shape index (κ1) is 18.9. The van der Waals surface area contributed by atoms with Crippen LogP contribution >= 0.6 is 0 Å². The number of carboxylic acids is 1. The molecule has 0 bridgehead atoms. The van der Waals surface area contributed by atoms with Crippen molar-refractivity contribution in [1.82, 2.24) is 19.8 Å². The number of carbonyl (C=O) groups excluding carboxylic acids is 1. The van der Waals surface area contributed by atoms with E-state index < -0.39 is 11.6 Å². The molecule has 0 atom stereocenters. The molecule has 0 aliphatic carbocycles. The number of anilines is 1. The van der Waals surface area contributed by atoms with Crippen molar-refractivity contribution in [3.8, 4) is 0 Å². The highest BCUT2D eigenvalue weighted by atomic mass is 16.6. The van der Waals surface area contributed by atoms with E-state index >= 15 is 0 Å². The molecule has 1 saturated heterocycles. The molecule has 9 nitrogen and oxygen atoms in total. The first-order valence-electron chi connectivity index (χ1n) is 8.24. The summed E-state index contributed by atoms with van der Waals surface area (Å²) in [7, 11) is 0. The van der Waals surface area contributed by atoms with E-state index in [1.807, 2.05) is 20.8 Å². The van der Waals surface area contributed by atoms with Crippen molar-refractivity contribution in [2.24, 2.45) is 0 Å². The van der Waals surface area contributed by atoms with Crippen LogP contribution in [-0.4, -0.2) is 81.8 Å². The summed E-state index contributed by atoms with van der Waals surface area (Å²) in [6.45, 7) is 9.88. The van der Waals surface area contributed by atoms with Crippen LogP contribution in [0.25, 0.3) is 0 Å². The number of hydrogen-bond donors (Lipinski definition) is 2. The highest BCUT2D eigenvalue weighted by Gasteiger charge is 2.25. The zero-order chi connectivity index (χ0) is 18.4. The first-order chi connectivity index (χ1) is 11.7. The van der Waals surface area contributed by atoms with E-state index in [1.54, 1.807) is 4.90 Å². The van der Waals surface area contributed by atoms with Crippen LogP contribution in [0.1, 0.15) is 31.3 Å². The summed E-state index contributed by atoms with van der Waals surface area (Å²) >= 11 is 0. The number of aromatic carboxylic acids is 1. The number of carbonyl (C=O) groups is 2. The van der Waals surface area contributed by atoms with Crippen molar-refractivity contribution in [1.29, 1.82) is 0 Å². The maximum absolute atomic E-state index is 12.0. The van der Waals surface area contributed by atoms with Gasteiger partial charge in [-0.25, -0.2) is 19.6 Å². The van der Waals surface area contributed by atoms with E-state index in [0.29, 0.717) is 25.5 Å². The number of amides is 1. The summed E-state index contributed by atoms with van der Waals surface area (Å²) in [6, 6.07) is 0. The average Bonchev–Trinajstić information content (AvgIpc) is 2.54. The molecule has 0 spiro atoms. The molecule has 9 heteroatoms. The molecule has 0 aromatic carbocycles. The Morgan fingerprint density at radius 3 is 2.40 bits per heavy atom. The molecular weight excluding hydrogens is 326 g/mol. The fraction of sp³-hybridized carbons (Fsp3) is 0.625. The van der Waals surface area contributed by atoms with Gasteiger partial charge in [-0.3, -0.25) is 4.90 Å². The van der Waals surface area contributed by atoms with Gasteiger partial charge in [0, 0.05) is 39.3 Å². The fourth-order valence-corrected chi connectivity index (χ4v) is 2.35. The summed E-state index contributed by atoms with van der Waals surface area (Å²) in [6.07, 6.45) is 2.37. The van der Waals surface area contributed by atoms with Gasteiger partial charge in [0.1, 0.15) is 11.4 Å². The minimum absolute atomic E-state index is 0.0798. The average molecular weight is 351 g/mol. The lowest BCUT2D eigenvalue weighted by Gasteiger charge is -2.35. The topological polar surface area (TPSA) is 108 Å². The molecule has 1 aromatic heterocycles. The number of nitrogens with zero attached hydrogens (tertiary/aromatic N) is 4. The van der Waals surface area contributed by atoms with Crippen LogP contribution in [0.5, 0.6) is 0 Å². The third kappa shape index (κ3) is 6.18. The summed E-state index contributed by atoms with van der Waals surface area (Å²) in [5.41, 5.74) is -0.557. The SMILES string of the molecule is CC(C)(C)OC(=O)N1CCN(CCNc2cnc(C(=O)O)cn2)CC1. The molecule has 138 valence electrons. The normalized spacial score (nSPS) is 15.7. The second-order valence-corrected chi connectivity index (χ2v) is 6.83. The molecule has 1 fully saturated rings. The minimum atomic E-state index is -1.10. The number of piperazine rings is 1. The van der Waals surface area contributed by atoms with Crippen molar-refractivity contribution >= 4 is 17.9 Å². The number of ether oxygens (including phenoxy) is 1. The van der Waals surface area contributed by atoms with Gasteiger partial charge in [0.15, 0.2) is 5.69 Å². The molecular formula is C16H25N5O4.